The van der Waals surface area contributed by atoms with Gasteiger partial charge in [-0.15, -0.1) is 0 Å². The first kappa shape index (κ1) is 13.3. The van der Waals surface area contributed by atoms with E-state index in [4.69, 9.17) is 0 Å². The Morgan fingerprint density at radius 3 is 2.85 bits per heavy atom. The molecule has 2 aromatic rings. The standard InChI is InChI=1S/C16H21N3O/c1-10(2)19-11(3)18-14-8-12(4-7-15(14)19)16(20)9-17-13-5-6-13/h4,7-8,10,13,17H,5-6,9H2,1-3H3. The van der Waals surface area contributed by atoms with Crippen molar-refractivity contribution in [2.75, 3.05) is 6.54 Å². The van der Waals surface area contributed by atoms with Crippen LogP contribution in [0.15, 0.2) is 18.2 Å². The number of aryl methyl sites for hydroxylation is 1. The maximum absolute atomic E-state index is 12.1. The van der Waals surface area contributed by atoms with Gasteiger partial charge in [-0.1, -0.05) is 0 Å². The first-order valence-electron chi connectivity index (χ1n) is 7.31. The predicted molar refractivity (Wildman–Crippen MR) is 80.2 cm³/mol. The molecule has 1 N–H and O–H groups in total. The van der Waals surface area contributed by atoms with Gasteiger partial charge in [0, 0.05) is 17.6 Å². The predicted octanol–water partition coefficient (Wildman–Crippen LogP) is 2.86. The summed E-state index contributed by atoms with van der Waals surface area (Å²) in [6, 6.07) is 6.78. The van der Waals surface area contributed by atoms with Gasteiger partial charge in [0.25, 0.3) is 0 Å². The Balaban J connectivity index is 1.88. The third-order valence-electron chi connectivity index (χ3n) is 3.83. The highest BCUT2D eigenvalue weighted by molar-refractivity contribution is 6.00. The van der Waals surface area contributed by atoms with E-state index in [1.54, 1.807) is 0 Å². The van der Waals surface area contributed by atoms with Crippen molar-refractivity contribution in [3.05, 3.63) is 29.6 Å². The van der Waals surface area contributed by atoms with Gasteiger partial charge >= 0.3 is 0 Å². The summed E-state index contributed by atoms with van der Waals surface area (Å²) in [4.78, 5) is 16.7. The molecule has 3 rings (SSSR count). The van der Waals surface area contributed by atoms with Gasteiger partial charge in [0.2, 0.25) is 0 Å². The van der Waals surface area contributed by atoms with Crippen LogP contribution in [0.2, 0.25) is 0 Å². The van der Waals surface area contributed by atoms with Crippen LogP contribution in [-0.2, 0) is 0 Å². The highest BCUT2D eigenvalue weighted by Gasteiger charge is 2.21. The zero-order chi connectivity index (χ0) is 14.3. The molecule has 1 aromatic heterocycles. The highest BCUT2D eigenvalue weighted by atomic mass is 16.1. The number of rotatable bonds is 5. The van der Waals surface area contributed by atoms with Gasteiger partial charge in [-0.25, -0.2) is 4.98 Å². The Bertz CT molecular complexity index is 653. The summed E-state index contributed by atoms with van der Waals surface area (Å²) in [7, 11) is 0. The Hall–Kier alpha value is -1.68. The number of aromatic nitrogens is 2. The van der Waals surface area contributed by atoms with Gasteiger partial charge in [0.15, 0.2) is 5.78 Å². The summed E-state index contributed by atoms with van der Waals surface area (Å²) in [5.41, 5.74) is 2.76. The normalized spacial score (nSPS) is 15.2. The summed E-state index contributed by atoms with van der Waals surface area (Å²) in [6.07, 6.45) is 2.40. The molecule has 0 unspecified atom stereocenters. The van der Waals surface area contributed by atoms with E-state index in [0.717, 1.165) is 22.4 Å². The van der Waals surface area contributed by atoms with Gasteiger partial charge in [0.05, 0.1) is 17.6 Å². The van der Waals surface area contributed by atoms with E-state index in [2.05, 4.69) is 28.7 Å². The van der Waals surface area contributed by atoms with Crippen LogP contribution in [0.5, 0.6) is 0 Å². The Morgan fingerprint density at radius 2 is 2.20 bits per heavy atom. The number of ketones is 1. The van der Waals surface area contributed by atoms with Crippen molar-refractivity contribution < 1.29 is 4.79 Å². The minimum Gasteiger partial charge on any atom is -0.326 e. The highest BCUT2D eigenvalue weighted by Crippen LogP contribution is 2.22. The summed E-state index contributed by atoms with van der Waals surface area (Å²) in [6.45, 7) is 6.73. The number of fused-ring (bicyclic) bond motifs is 1. The number of hydrogen-bond donors (Lipinski definition) is 1. The number of Topliss-reactive ketones (excluding diaryl/α,β-unsaturated/α-hetero) is 1. The number of nitrogens with one attached hydrogen (secondary N) is 1. The van der Waals surface area contributed by atoms with E-state index < -0.39 is 0 Å². The second kappa shape index (κ2) is 5.02. The summed E-state index contributed by atoms with van der Waals surface area (Å²) in [5, 5.41) is 3.26. The van der Waals surface area contributed by atoms with Crippen LogP contribution in [0.25, 0.3) is 11.0 Å². The fourth-order valence-electron chi connectivity index (χ4n) is 2.67. The van der Waals surface area contributed by atoms with E-state index in [0.29, 0.717) is 18.6 Å². The molecule has 20 heavy (non-hydrogen) atoms. The van der Waals surface area contributed by atoms with Crippen molar-refractivity contribution in [2.45, 2.75) is 45.7 Å². The van der Waals surface area contributed by atoms with E-state index in [-0.39, 0.29) is 5.78 Å². The molecule has 0 amide bonds. The zero-order valence-corrected chi connectivity index (χ0v) is 12.3. The first-order chi connectivity index (χ1) is 9.56. The summed E-state index contributed by atoms with van der Waals surface area (Å²) in [5.74, 6) is 1.14. The van der Waals surface area contributed by atoms with Crippen LogP contribution < -0.4 is 5.32 Å². The first-order valence-corrected chi connectivity index (χ1v) is 7.31. The third kappa shape index (κ3) is 2.48. The average molecular weight is 271 g/mol. The molecule has 0 atom stereocenters. The molecule has 1 saturated carbocycles. The van der Waals surface area contributed by atoms with E-state index >= 15 is 0 Å². The van der Waals surface area contributed by atoms with Crippen LogP contribution in [-0.4, -0.2) is 27.9 Å². The molecule has 0 bridgehead atoms. The molecule has 106 valence electrons. The van der Waals surface area contributed by atoms with Gasteiger partial charge in [-0.05, 0) is 51.8 Å². The molecule has 1 heterocycles. The maximum Gasteiger partial charge on any atom is 0.176 e. The summed E-state index contributed by atoms with van der Waals surface area (Å²) < 4.78 is 2.20. The Kier molecular flexibility index (Phi) is 3.34. The lowest BCUT2D eigenvalue weighted by molar-refractivity contribution is 0.0990. The molecule has 0 aliphatic heterocycles. The van der Waals surface area contributed by atoms with Crippen molar-refractivity contribution in [1.29, 1.82) is 0 Å². The van der Waals surface area contributed by atoms with Crippen LogP contribution in [0.3, 0.4) is 0 Å². The molecule has 4 nitrogen and oxygen atoms in total. The molecule has 1 fully saturated rings. The van der Waals surface area contributed by atoms with Crippen LogP contribution >= 0.6 is 0 Å². The monoisotopic (exact) mass is 271 g/mol. The number of carbonyl (C=O) groups excluding carboxylic acids is 1. The fourth-order valence-corrected chi connectivity index (χ4v) is 2.67. The van der Waals surface area contributed by atoms with Gasteiger partial charge < -0.3 is 9.88 Å². The number of imidazole rings is 1. The molecule has 1 aliphatic carbocycles. The Labute approximate surface area is 119 Å². The van der Waals surface area contributed by atoms with Crippen LogP contribution in [0.4, 0.5) is 0 Å². The second-order valence-corrected chi connectivity index (χ2v) is 5.90. The second-order valence-electron chi connectivity index (χ2n) is 5.90. The lowest BCUT2D eigenvalue weighted by Gasteiger charge is -2.10. The topological polar surface area (TPSA) is 46.9 Å². The van der Waals surface area contributed by atoms with Crippen LogP contribution in [0.1, 0.15) is 48.9 Å². The van der Waals surface area contributed by atoms with Crippen molar-refractivity contribution in [1.82, 2.24) is 14.9 Å². The molecular weight excluding hydrogens is 250 g/mol. The van der Waals surface area contributed by atoms with Gasteiger partial charge in [-0.3, -0.25) is 4.79 Å². The van der Waals surface area contributed by atoms with Crippen molar-refractivity contribution in [3.63, 3.8) is 0 Å². The molecule has 1 aromatic carbocycles. The van der Waals surface area contributed by atoms with Crippen molar-refractivity contribution >= 4 is 16.8 Å². The summed E-state index contributed by atoms with van der Waals surface area (Å²) >= 11 is 0. The molecule has 0 spiro atoms. The molecule has 0 saturated heterocycles. The number of hydrogen-bond acceptors (Lipinski definition) is 3. The van der Waals surface area contributed by atoms with Crippen LogP contribution in [0, 0.1) is 6.92 Å². The zero-order valence-electron chi connectivity index (χ0n) is 12.3. The van der Waals surface area contributed by atoms with E-state index in [1.165, 1.54) is 12.8 Å². The minimum absolute atomic E-state index is 0.149. The molecule has 4 heteroatoms. The quantitative estimate of drug-likeness (QED) is 0.851. The lowest BCUT2D eigenvalue weighted by Crippen LogP contribution is -2.24. The number of benzene rings is 1. The van der Waals surface area contributed by atoms with Gasteiger partial charge in [0.1, 0.15) is 5.82 Å². The fraction of sp³-hybridized carbons (Fsp3) is 0.500. The minimum atomic E-state index is 0.149. The molecule has 0 radical (unpaired) electrons. The lowest BCUT2D eigenvalue weighted by atomic mass is 10.1. The maximum atomic E-state index is 12.1. The van der Waals surface area contributed by atoms with E-state index in [9.17, 15) is 4.79 Å². The van der Waals surface area contributed by atoms with Crippen molar-refractivity contribution in [2.24, 2.45) is 0 Å². The largest absolute Gasteiger partial charge is 0.326 e. The number of nitrogens with zero attached hydrogens (tertiary/aromatic N) is 2. The molecular formula is C16H21N3O. The Morgan fingerprint density at radius 1 is 1.45 bits per heavy atom. The third-order valence-corrected chi connectivity index (χ3v) is 3.83. The van der Waals surface area contributed by atoms with E-state index in [1.807, 2.05) is 25.1 Å². The van der Waals surface area contributed by atoms with Crippen molar-refractivity contribution in [3.8, 4) is 0 Å². The van der Waals surface area contributed by atoms with Gasteiger partial charge in [-0.2, -0.15) is 0 Å². The number of carbonyl (C=O) groups is 1. The molecule has 1 aliphatic rings. The average Bonchev–Trinajstić information content (AvgIpc) is 3.16. The smallest absolute Gasteiger partial charge is 0.176 e. The SMILES string of the molecule is Cc1nc2cc(C(=O)CNC3CC3)ccc2n1C(C)C.